The molecule has 3 heterocycles. The lowest BCUT2D eigenvalue weighted by Crippen LogP contribution is -2.36. The van der Waals surface area contributed by atoms with Crippen LogP contribution < -0.4 is 9.70 Å². The van der Waals surface area contributed by atoms with Crippen LogP contribution in [0.3, 0.4) is 0 Å². The third-order valence-electron chi connectivity index (χ3n) is 5.15. The van der Waals surface area contributed by atoms with Gasteiger partial charge in [-0.25, -0.2) is 4.68 Å². The fourth-order valence-electron chi connectivity index (χ4n) is 3.56. The second-order valence-corrected chi connectivity index (χ2v) is 7.86. The molecule has 1 saturated heterocycles. The van der Waals surface area contributed by atoms with Crippen LogP contribution in [0.1, 0.15) is 5.56 Å². The van der Waals surface area contributed by atoms with Gasteiger partial charge in [-0.2, -0.15) is 5.10 Å². The maximum atomic E-state index is 6.04. The minimum atomic E-state index is 0.780. The molecule has 152 valence electrons. The number of hydrogen-bond donors (Lipinski definition) is 0. The van der Waals surface area contributed by atoms with Crippen molar-refractivity contribution in [1.29, 1.82) is 0 Å². The van der Waals surface area contributed by atoms with E-state index in [4.69, 9.17) is 14.3 Å². The third kappa shape index (κ3) is 3.69. The number of furan rings is 1. The van der Waals surface area contributed by atoms with Gasteiger partial charge in [0, 0.05) is 36.6 Å². The van der Waals surface area contributed by atoms with Crippen LogP contribution in [0.2, 0.25) is 0 Å². The van der Waals surface area contributed by atoms with Gasteiger partial charge in [0.15, 0.2) is 5.76 Å². The Hall–Kier alpha value is -3.16. The Balaban J connectivity index is 1.44. The summed E-state index contributed by atoms with van der Waals surface area (Å²) in [7, 11) is 1.78. The highest BCUT2D eigenvalue weighted by Crippen LogP contribution is 2.28. The topological polar surface area (TPSA) is 55.3 Å². The van der Waals surface area contributed by atoms with E-state index in [-0.39, 0.29) is 0 Å². The zero-order valence-corrected chi connectivity index (χ0v) is 17.5. The average Bonchev–Trinajstić information content (AvgIpc) is 3.42. The van der Waals surface area contributed by atoms with Crippen molar-refractivity contribution >= 4 is 34.2 Å². The minimum absolute atomic E-state index is 0.780. The Kier molecular flexibility index (Phi) is 5.21. The standard InChI is InChI=1S/C23H22N4O2S/c1-24-23-27(20(16-30-23)22-14-18-4-2-3-5-21(18)29-22)25-15-17-6-8-19(9-7-17)26-10-12-28-13-11-26/h2-9,14-16H,10-13H2,1H3/b24-23?,25-15+. The van der Waals surface area contributed by atoms with E-state index >= 15 is 0 Å². The summed E-state index contributed by atoms with van der Waals surface area (Å²) in [6.45, 7) is 3.43. The maximum absolute atomic E-state index is 6.04. The van der Waals surface area contributed by atoms with Crippen LogP contribution in [-0.2, 0) is 4.74 Å². The second-order valence-electron chi connectivity index (χ2n) is 7.02. The molecule has 0 bridgehead atoms. The highest BCUT2D eigenvalue weighted by atomic mass is 32.1. The Morgan fingerprint density at radius 1 is 1.03 bits per heavy atom. The summed E-state index contributed by atoms with van der Waals surface area (Å²) in [5.41, 5.74) is 4.00. The molecule has 2 aromatic carbocycles. The number of morpholine rings is 1. The number of nitrogens with zero attached hydrogens (tertiary/aromatic N) is 4. The van der Waals surface area contributed by atoms with Crippen molar-refractivity contribution in [2.75, 3.05) is 38.3 Å². The molecule has 0 amide bonds. The SMILES string of the molecule is CN=c1scc(-c2cc3ccccc3o2)n1/N=C/c1ccc(N2CCOCC2)cc1. The van der Waals surface area contributed by atoms with Crippen LogP contribution in [0.4, 0.5) is 5.69 Å². The summed E-state index contributed by atoms with van der Waals surface area (Å²) in [4.78, 5) is 7.52. The minimum Gasteiger partial charge on any atom is -0.454 e. The van der Waals surface area contributed by atoms with E-state index in [1.165, 1.54) is 5.69 Å². The van der Waals surface area contributed by atoms with Crippen molar-refractivity contribution in [2.45, 2.75) is 0 Å². The van der Waals surface area contributed by atoms with Gasteiger partial charge < -0.3 is 14.1 Å². The number of anilines is 1. The Bertz CT molecular complexity index is 1210. The van der Waals surface area contributed by atoms with Gasteiger partial charge in [-0.05, 0) is 29.8 Å². The lowest BCUT2D eigenvalue weighted by molar-refractivity contribution is 0.122. The van der Waals surface area contributed by atoms with E-state index in [2.05, 4.69) is 34.2 Å². The van der Waals surface area contributed by atoms with Crippen molar-refractivity contribution in [3.05, 3.63) is 70.3 Å². The first-order valence-electron chi connectivity index (χ1n) is 9.91. The normalized spacial score (nSPS) is 15.5. The zero-order valence-electron chi connectivity index (χ0n) is 16.7. The highest BCUT2D eigenvalue weighted by molar-refractivity contribution is 7.07. The Morgan fingerprint density at radius 2 is 1.83 bits per heavy atom. The van der Waals surface area contributed by atoms with Gasteiger partial charge in [0.25, 0.3) is 0 Å². The predicted molar refractivity (Wildman–Crippen MR) is 121 cm³/mol. The molecule has 1 aliphatic rings. The first-order chi connectivity index (χ1) is 14.8. The fourth-order valence-corrected chi connectivity index (χ4v) is 4.34. The number of aromatic nitrogens is 1. The summed E-state index contributed by atoms with van der Waals surface area (Å²) in [5.74, 6) is 0.780. The molecule has 4 aromatic rings. The monoisotopic (exact) mass is 418 g/mol. The lowest BCUT2D eigenvalue weighted by atomic mass is 10.2. The van der Waals surface area contributed by atoms with E-state index < -0.39 is 0 Å². The van der Waals surface area contributed by atoms with Gasteiger partial charge in [0.2, 0.25) is 4.80 Å². The summed E-state index contributed by atoms with van der Waals surface area (Å²) in [6.07, 6.45) is 1.86. The molecule has 7 heteroatoms. The smallest absolute Gasteiger partial charge is 0.206 e. The predicted octanol–water partition coefficient (Wildman–Crippen LogP) is 4.21. The van der Waals surface area contributed by atoms with Gasteiger partial charge in [-0.3, -0.25) is 4.99 Å². The number of benzene rings is 2. The molecule has 2 aromatic heterocycles. The first kappa shape index (κ1) is 18.8. The molecule has 30 heavy (non-hydrogen) atoms. The summed E-state index contributed by atoms with van der Waals surface area (Å²) < 4.78 is 13.3. The fraction of sp³-hybridized carbons (Fsp3) is 0.217. The van der Waals surface area contributed by atoms with Gasteiger partial charge in [-0.15, -0.1) is 11.3 Å². The largest absolute Gasteiger partial charge is 0.454 e. The van der Waals surface area contributed by atoms with E-state index in [0.717, 1.165) is 59.1 Å². The molecular formula is C23H22N4O2S. The molecule has 0 spiro atoms. The Labute approximate surface area is 178 Å². The van der Waals surface area contributed by atoms with Gasteiger partial charge >= 0.3 is 0 Å². The van der Waals surface area contributed by atoms with Gasteiger partial charge in [0.05, 0.1) is 19.4 Å². The van der Waals surface area contributed by atoms with E-state index in [1.54, 1.807) is 18.4 Å². The summed E-state index contributed by atoms with van der Waals surface area (Å²) in [5, 5.41) is 7.81. The van der Waals surface area contributed by atoms with Crippen molar-refractivity contribution in [2.24, 2.45) is 10.1 Å². The molecule has 0 unspecified atom stereocenters. The molecule has 1 aliphatic heterocycles. The van der Waals surface area contributed by atoms with Crippen molar-refractivity contribution < 1.29 is 9.15 Å². The summed E-state index contributed by atoms with van der Waals surface area (Å²) in [6, 6.07) is 18.5. The van der Waals surface area contributed by atoms with E-state index in [1.807, 2.05) is 46.6 Å². The quantitative estimate of drug-likeness (QED) is 0.467. The first-order valence-corrected chi connectivity index (χ1v) is 10.8. The van der Waals surface area contributed by atoms with Crippen LogP contribution in [0.15, 0.2) is 74.5 Å². The van der Waals surface area contributed by atoms with Crippen molar-refractivity contribution in [1.82, 2.24) is 4.68 Å². The molecule has 0 saturated carbocycles. The number of fused-ring (bicyclic) bond motifs is 1. The maximum Gasteiger partial charge on any atom is 0.206 e. The molecule has 0 N–H and O–H groups in total. The number of thiazole rings is 1. The molecule has 0 aliphatic carbocycles. The number of rotatable bonds is 4. The molecule has 1 fully saturated rings. The van der Waals surface area contributed by atoms with Crippen LogP contribution in [-0.4, -0.2) is 44.2 Å². The average molecular weight is 419 g/mol. The van der Waals surface area contributed by atoms with E-state index in [9.17, 15) is 0 Å². The third-order valence-corrected chi connectivity index (χ3v) is 6.05. The van der Waals surface area contributed by atoms with E-state index in [0.29, 0.717) is 0 Å². The van der Waals surface area contributed by atoms with Crippen LogP contribution in [0, 0.1) is 0 Å². The van der Waals surface area contributed by atoms with Crippen LogP contribution in [0.5, 0.6) is 0 Å². The van der Waals surface area contributed by atoms with Gasteiger partial charge in [0.1, 0.15) is 11.3 Å². The van der Waals surface area contributed by atoms with Crippen molar-refractivity contribution in [3.63, 3.8) is 0 Å². The molecule has 0 radical (unpaired) electrons. The molecular weight excluding hydrogens is 396 g/mol. The highest BCUT2D eigenvalue weighted by Gasteiger charge is 2.13. The number of para-hydroxylation sites is 1. The number of ether oxygens (including phenoxy) is 1. The zero-order chi connectivity index (χ0) is 20.3. The Morgan fingerprint density at radius 3 is 2.60 bits per heavy atom. The summed E-state index contributed by atoms with van der Waals surface area (Å²) >= 11 is 1.54. The second kappa shape index (κ2) is 8.30. The van der Waals surface area contributed by atoms with Crippen LogP contribution >= 0.6 is 11.3 Å². The molecule has 0 atom stereocenters. The van der Waals surface area contributed by atoms with Crippen LogP contribution in [0.25, 0.3) is 22.4 Å². The molecule has 5 rings (SSSR count). The lowest BCUT2D eigenvalue weighted by Gasteiger charge is -2.28. The molecule has 6 nitrogen and oxygen atoms in total. The number of hydrogen-bond acceptors (Lipinski definition) is 6. The van der Waals surface area contributed by atoms with Crippen molar-refractivity contribution in [3.8, 4) is 11.5 Å². The van der Waals surface area contributed by atoms with Gasteiger partial charge in [-0.1, -0.05) is 30.3 Å².